The van der Waals surface area contributed by atoms with E-state index in [1.54, 1.807) is 30.3 Å². The van der Waals surface area contributed by atoms with Gasteiger partial charge in [0.15, 0.2) is 0 Å². The zero-order valence-electron chi connectivity index (χ0n) is 16.6. The topological polar surface area (TPSA) is 87.9 Å². The fourth-order valence-corrected chi connectivity index (χ4v) is 3.58. The number of aromatic nitrogens is 2. The summed E-state index contributed by atoms with van der Waals surface area (Å²) in [6.07, 6.45) is 0. The van der Waals surface area contributed by atoms with Gasteiger partial charge in [-0.25, -0.2) is 13.9 Å². The normalized spacial score (nSPS) is 14.8. The Hall–Kier alpha value is -3.46. The summed E-state index contributed by atoms with van der Waals surface area (Å²) < 4.78 is 21.5. The molecule has 0 aliphatic carbocycles. The van der Waals surface area contributed by atoms with Crippen molar-refractivity contribution < 1.29 is 19.0 Å². The van der Waals surface area contributed by atoms with Crippen molar-refractivity contribution in [3.63, 3.8) is 0 Å². The van der Waals surface area contributed by atoms with E-state index in [0.717, 1.165) is 19.2 Å². The predicted octanol–water partition coefficient (Wildman–Crippen LogP) is 1.98. The minimum absolute atomic E-state index is 0.0337. The largest absolute Gasteiger partial charge is 0.497 e. The van der Waals surface area contributed by atoms with Gasteiger partial charge in [0.05, 0.1) is 29.4 Å². The van der Waals surface area contributed by atoms with Gasteiger partial charge in [0, 0.05) is 26.2 Å². The van der Waals surface area contributed by atoms with Gasteiger partial charge in [-0.15, -0.1) is 0 Å². The van der Waals surface area contributed by atoms with Crippen LogP contribution >= 0.6 is 0 Å². The van der Waals surface area contributed by atoms with Crippen LogP contribution in [0.4, 0.5) is 10.1 Å². The Morgan fingerprint density at radius 2 is 1.80 bits per heavy atom. The number of anilines is 1. The molecule has 1 aromatic heterocycles. The van der Waals surface area contributed by atoms with Crippen LogP contribution in [0.3, 0.4) is 0 Å². The van der Waals surface area contributed by atoms with Crippen molar-refractivity contribution in [2.24, 2.45) is 0 Å². The average Bonchev–Trinajstić information content (AvgIpc) is 2.74. The number of halogens is 1. The summed E-state index contributed by atoms with van der Waals surface area (Å²) in [4.78, 5) is 28.3. The number of benzene rings is 2. The van der Waals surface area contributed by atoms with E-state index in [1.165, 1.54) is 11.8 Å². The van der Waals surface area contributed by atoms with E-state index >= 15 is 0 Å². The Bertz CT molecular complexity index is 1170. The van der Waals surface area contributed by atoms with Gasteiger partial charge in [0.25, 0.3) is 0 Å². The van der Waals surface area contributed by atoms with Crippen LogP contribution in [0.15, 0.2) is 41.2 Å². The molecule has 8 nitrogen and oxygen atoms in total. The van der Waals surface area contributed by atoms with Crippen molar-refractivity contribution in [2.75, 3.05) is 45.2 Å². The monoisotopic (exact) mass is 412 g/mol. The molecule has 0 amide bonds. The summed E-state index contributed by atoms with van der Waals surface area (Å²) in [5.74, 6) is -1.41. The Morgan fingerprint density at radius 3 is 2.40 bits per heavy atom. The highest BCUT2D eigenvalue weighted by atomic mass is 19.1. The van der Waals surface area contributed by atoms with Crippen LogP contribution in [0, 0.1) is 5.82 Å². The number of aromatic carboxylic acids is 1. The Kier molecular flexibility index (Phi) is 5.13. The van der Waals surface area contributed by atoms with E-state index in [1.807, 2.05) is 11.9 Å². The van der Waals surface area contributed by atoms with Gasteiger partial charge in [-0.1, -0.05) is 0 Å². The van der Waals surface area contributed by atoms with Crippen molar-refractivity contribution in [2.45, 2.75) is 0 Å². The van der Waals surface area contributed by atoms with Gasteiger partial charge in [-0.2, -0.15) is 5.10 Å². The van der Waals surface area contributed by atoms with Crippen molar-refractivity contribution in [1.29, 1.82) is 0 Å². The quantitative estimate of drug-likeness (QED) is 0.701. The van der Waals surface area contributed by atoms with E-state index in [-0.39, 0.29) is 5.39 Å². The molecule has 1 N–H and O–H groups in total. The van der Waals surface area contributed by atoms with Crippen LogP contribution in [0.2, 0.25) is 0 Å². The summed E-state index contributed by atoms with van der Waals surface area (Å²) in [5.41, 5.74) is -0.247. The van der Waals surface area contributed by atoms with Gasteiger partial charge in [0.1, 0.15) is 11.6 Å². The molecule has 1 aliphatic rings. The highest BCUT2D eigenvalue weighted by Crippen LogP contribution is 2.27. The summed E-state index contributed by atoms with van der Waals surface area (Å²) in [5, 5.41) is 13.5. The third kappa shape index (κ3) is 3.48. The molecule has 4 rings (SSSR count). The Labute approximate surface area is 171 Å². The Balaban J connectivity index is 1.95. The minimum atomic E-state index is -1.47. The number of likely N-dealkylation sites (N-methyl/N-ethyl adjacent to an activating group) is 1. The summed E-state index contributed by atoms with van der Waals surface area (Å²) in [6.45, 7) is 2.87. The molecule has 0 radical (unpaired) electrons. The van der Waals surface area contributed by atoms with Crippen molar-refractivity contribution in [1.82, 2.24) is 14.7 Å². The summed E-state index contributed by atoms with van der Waals surface area (Å²) >= 11 is 0. The first-order valence-electron chi connectivity index (χ1n) is 9.47. The second kappa shape index (κ2) is 7.75. The number of piperazine rings is 1. The molecule has 2 aromatic carbocycles. The van der Waals surface area contributed by atoms with Crippen molar-refractivity contribution >= 4 is 22.6 Å². The lowest BCUT2D eigenvalue weighted by atomic mass is 10.1. The SMILES string of the molecule is COc1ccc(-n2nc(C(=O)O)c(=O)c3cc(F)c(N4CCN(C)CC4)cc32)cc1. The molecule has 0 spiro atoms. The van der Waals surface area contributed by atoms with Crippen LogP contribution in [0.5, 0.6) is 5.75 Å². The molecule has 3 aromatic rings. The average molecular weight is 412 g/mol. The maximum atomic E-state index is 15.0. The number of hydrogen-bond donors (Lipinski definition) is 1. The number of carbonyl (C=O) groups is 1. The molecule has 9 heteroatoms. The van der Waals surface area contributed by atoms with E-state index < -0.39 is 22.9 Å². The molecule has 0 unspecified atom stereocenters. The zero-order valence-corrected chi connectivity index (χ0v) is 16.6. The predicted molar refractivity (Wildman–Crippen MR) is 111 cm³/mol. The fraction of sp³-hybridized carbons (Fsp3) is 0.286. The number of hydrogen-bond acceptors (Lipinski definition) is 6. The van der Waals surface area contributed by atoms with Gasteiger partial charge < -0.3 is 19.6 Å². The lowest BCUT2D eigenvalue weighted by Crippen LogP contribution is -2.44. The number of fused-ring (bicyclic) bond motifs is 1. The first kappa shape index (κ1) is 19.8. The van der Waals surface area contributed by atoms with Gasteiger partial charge in [0.2, 0.25) is 11.1 Å². The molecule has 1 saturated heterocycles. The first-order chi connectivity index (χ1) is 14.4. The van der Waals surface area contributed by atoms with Gasteiger partial charge in [-0.3, -0.25) is 4.79 Å². The number of methoxy groups -OCH3 is 1. The molecule has 0 bridgehead atoms. The molecule has 1 fully saturated rings. The molecule has 1 aliphatic heterocycles. The van der Waals surface area contributed by atoms with Crippen LogP contribution < -0.4 is 15.1 Å². The third-order valence-electron chi connectivity index (χ3n) is 5.32. The second-order valence-electron chi connectivity index (χ2n) is 7.20. The number of carboxylic acid groups (broad SMARTS) is 1. The number of carboxylic acids is 1. The van der Waals surface area contributed by atoms with E-state index in [0.29, 0.717) is 35.7 Å². The highest BCUT2D eigenvalue weighted by Gasteiger charge is 2.23. The van der Waals surface area contributed by atoms with E-state index in [4.69, 9.17) is 4.74 Å². The molecule has 2 heterocycles. The van der Waals surface area contributed by atoms with Crippen molar-refractivity contribution in [3.8, 4) is 11.4 Å². The smallest absolute Gasteiger partial charge is 0.360 e. The molecular weight excluding hydrogens is 391 g/mol. The van der Waals surface area contributed by atoms with Crippen LogP contribution in [-0.2, 0) is 0 Å². The summed E-state index contributed by atoms with van der Waals surface area (Å²) in [6, 6.07) is 9.47. The van der Waals surface area contributed by atoms with Gasteiger partial charge in [-0.05, 0) is 43.4 Å². The van der Waals surface area contributed by atoms with Gasteiger partial charge >= 0.3 is 5.97 Å². The number of rotatable bonds is 4. The molecular formula is C21H21FN4O4. The van der Waals surface area contributed by atoms with Crippen molar-refractivity contribution in [3.05, 3.63) is 58.1 Å². The van der Waals surface area contributed by atoms with Crippen LogP contribution in [0.25, 0.3) is 16.6 Å². The highest BCUT2D eigenvalue weighted by molar-refractivity contribution is 5.92. The van der Waals surface area contributed by atoms with Crippen LogP contribution in [0.1, 0.15) is 10.5 Å². The number of ether oxygens (including phenoxy) is 1. The Morgan fingerprint density at radius 1 is 1.13 bits per heavy atom. The minimum Gasteiger partial charge on any atom is -0.497 e. The number of nitrogens with zero attached hydrogens (tertiary/aromatic N) is 4. The first-order valence-corrected chi connectivity index (χ1v) is 9.47. The molecule has 156 valence electrons. The van der Waals surface area contributed by atoms with E-state index in [9.17, 15) is 19.1 Å². The standard InChI is InChI=1S/C21H21FN4O4/c1-24-7-9-25(10-8-24)18-12-17-15(11-16(18)22)20(27)19(21(28)29)23-26(17)13-3-5-14(30-2)6-4-13/h3-6,11-12H,7-10H2,1-2H3,(H,28,29). The maximum Gasteiger partial charge on any atom is 0.360 e. The van der Waals surface area contributed by atoms with Crippen LogP contribution in [-0.4, -0.2) is 66.1 Å². The molecule has 30 heavy (non-hydrogen) atoms. The lowest BCUT2D eigenvalue weighted by Gasteiger charge is -2.34. The fourth-order valence-electron chi connectivity index (χ4n) is 3.58. The summed E-state index contributed by atoms with van der Waals surface area (Å²) in [7, 11) is 3.54. The maximum absolute atomic E-state index is 15.0. The molecule has 0 atom stereocenters. The van der Waals surface area contributed by atoms with E-state index in [2.05, 4.69) is 10.00 Å². The second-order valence-corrected chi connectivity index (χ2v) is 7.20. The lowest BCUT2D eigenvalue weighted by molar-refractivity contribution is 0.0687. The zero-order chi connectivity index (χ0) is 21.4. The molecule has 0 saturated carbocycles. The third-order valence-corrected chi connectivity index (χ3v) is 5.32.